The SMILES string of the molecule is CC(C=C[C@H]1O[C@H](CC(N)=O)C[C@@]2(CO2)[C@@H]1O[Si](C)(C)C(C)(C)C)=CC[C@@H]1O[C@H](C)[C@H](NC(=O)C=C[C@H](C)OC(=O)N2CCCCC2)C[C@@H]1C. The highest BCUT2D eigenvalue weighted by atomic mass is 28.4. The molecule has 4 saturated heterocycles. The molecular weight excluding hydrogens is 655 g/mol. The van der Waals surface area contributed by atoms with Crippen LogP contribution in [0, 0.1) is 5.92 Å². The number of amides is 3. The second-order valence-corrected chi connectivity index (χ2v) is 21.3. The molecule has 3 amide bonds. The first kappa shape index (κ1) is 40.3. The molecule has 9 atom stereocenters. The van der Waals surface area contributed by atoms with Crippen LogP contribution in [0.5, 0.6) is 0 Å². The zero-order valence-corrected chi connectivity index (χ0v) is 32.9. The maximum Gasteiger partial charge on any atom is 0.410 e. The lowest BCUT2D eigenvalue weighted by molar-refractivity contribution is -0.140. The molecule has 0 aromatic heterocycles. The van der Waals surface area contributed by atoms with Crippen molar-refractivity contribution in [3.63, 3.8) is 0 Å². The quantitative estimate of drug-likeness (QED) is 0.109. The van der Waals surface area contributed by atoms with E-state index >= 15 is 0 Å². The van der Waals surface area contributed by atoms with Crippen LogP contribution in [0.3, 0.4) is 0 Å². The van der Waals surface area contributed by atoms with Crippen LogP contribution in [0.4, 0.5) is 4.79 Å². The number of carbonyl (C=O) groups is 3. The number of piperidine rings is 1. The molecule has 0 unspecified atom stereocenters. The van der Waals surface area contributed by atoms with Crippen LogP contribution in [-0.2, 0) is 33.0 Å². The van der Waals surface area contributed by atoms with Crippen molar-refractivity contribution in [1.29, 1.82) is 0 Å². The second-order valence-electron chi connectivity index (χ2n) is 16.5. The number of hydrogen-bond acceptors (Lipinski definition) is 8. The highest BCUT2D eigenvalue weighted by molar-refractivity contribution is 6.74. The Morgan fingerprint density at radius 3 is 2.40 bits per heavy atom. The molecule has 282 valence electrons. The van der Waals surface area contributed by atoms with Crippen LogP contribution in [0.1, 0.15) is 93.4 Å². The first-order chi connectivity index (χ1) is 23.4. The summed E-state index contributed by atoms with van der Waals surface area (Å²) >= 11 is 0. The average Bonchev–Trinajstić information content (AvgIpc) is 3.80. The normalized spacial score (nSPS) is 33.1. The number of allylic oxidation sites excluding steroid dienone is 2. The molecule has 0 bridgehead atoms. The number of carbonyl (C=O) groups excluding carboxylic acids is 3. The van der Waals surface area contributed by atoms with Gasteiger partial charge in [0.15, 0.2) is 8.32 Å². The highest BCUT2D eigenvalue weighted by Crippen LogP contribution is 2.48. The molecule has 0 aromatic carbocycles. The Labute approximate surface area is 300 Å². The molecule has 4 fully saturated rings. The Bertz CT molecular complexity index is 1280. The molecule has 4 aliphatic rings. The molecule has 12 heteroatoms. The number of nitrogens with zero attached hydrogens (tertiary/aromatic N) is 1. The minimum absolute atomic E-state index is 0.00921. The number of nitrogens with two attached hydrogens (primary N) is 1. The Hall–Kier alpha value is -2.51. The van der Waals surface area contributed by atoms with Gasteiger partial charge in [-0.2, -0.15) is 0 Å². The van der Waals surface area contributed by atoms with E-state index in [1.165, 1.54) is 6.08 Å². The Kier molecular flexibility index (Phi) is 13.6. The zero-order chi connectivity index (χ0) is 36.9. The van der Waals surface area contributed by atoms with E-state index in [0.29, 0.717) is 13.0 Å². The third-order valence-corrected chi connectivity index (χ3v) is 15.6. The number of hydrogen-bond donors (Lipinski definition) is 2. The summed E-state index contributed by atoms with van der Waals surface area (Å²) in [6.07, 6.45) is 12.8. The maximum absolute atomic E-state index is 12.8. The van der Waals surface area contributed by atoms with Crippen molar-refractivity contribution in [2.75, 3.05) is 19.7 Å². The molecule has 0 aromatic rings. The Balaban J connectivity index is 1.31. The number of ether oxygens (including phenoxy) is 4. The first-order valence-electron chi connectivity index (χ1n) is 18.6. The van der Waals surface area contributed by atoms with Crippen LogP contribution >= 0.6 is 0 Å². The van der Waals surface area contributed by atoms with Crippen molar-refractivity contribution >= 4 is 26.2 Å². The van der Waals surface area contributed by atoms with Gasteiger partial charge in [0.2, 0.25) is 11.8 Å². The molecule has 0 saturated carbocycles. The lowest BCUT2D eigenvalue weighted by Gasteiger charge is -2.46. The fraction of sp³-hybridized carbons (Fsp3) is 0.763. The molecule has 4 heterocycles. The molecule has 4 aliphatic heterocycles. The summed E-state index contributed by atoms with van der Waals surface area (Å²) in [5.41, 5.74) is 6.17. The third-order valence-electron chi connectivity index (χ3n) is 11.1. The van der Waals surface area contributed by atoms with E-state index in [1.54, 1.807) is 17.9 Å². The minimum Gasteiger partial charge on any atom is -0.442 e. The van der Waals surface area contributed by atoms with Gasteiger partial charge in [0.25, 0.3) is 0 Å². The fourth-order valence-electron chi connectivity index (χ4n) is 6.81. The van der Waals surface area contributed by atoms with Gasteiger partial charge in [-0.25, -0.2) is 4.79 Å². The van der Waals surface area contributed by atoms with Gasteiger partial charge in [-0.1, -0.05) is 51.5 Å². The first-order valence-corrected chi connectivity index (χ1v) is 21.5. The average molecular weight is 718 g/mol. The largest absolute Gasteiger partial charge is 0.442 e. The molecule has 4 rings (SSSR count). The zero-order valence-electron chi connectivity index (χ0n) is 31.9. The van der Waals surface area contributed by atoms with Crippen molar-refractivity contribution in [1.82, 2.24) is 10.2 Å². The van der Waals surface area contributed by atoms with Gasteiger partial charge < -0.3 is 39.3 Å². The number of primary amides is 1. The van der Waals surface area contributed by atoms with E-state index in [-0.39, 0.29) is 71.8 Å². The number of nitrogens with one attached hydrogen (secondary N) is 1. The number of likely N-dealkylation sites (tertiary alicyclic amines) is 1. The van der Waals surface area contributed by atoms with Crippen LogP contribution in [0.25, 0.3) is 0 Å². The third kappa shape index (κ3) is 11.0. The summed E-state index contributed by atoms with van der Waals surface area (Å²) < 4.78 is 31.3. The molecular formula is C38H63N3O8Si. The van der Waals surface area contributed by atoms with Gasteiger partial charge in [0, 0.05) is 25.6 Å². The summed E-state index contributed by atoms with van der Waals surface area (Å²) in [5.74, 6) is -0.388. The lowest BCUT2D eigenvalue weighted by atomic mass is 9.87. The van der Waals surface area contributed by atoms with E-state index in [9.17, 15) is 14.4 Å². The van der Waals surface area contributed by atoms with Crippen molar-refractivity contribution in [3.8, 4) is 0 Å². The Morgan fingerprint density at radius 1 is 1.10 bits per heavy atom. The topological polar surface area (TPSA) is 142 Å². The van der Waals surface area contributed by atoms with Crippen LogP contribution in [0.2, 0.25) is 18.1 Å². The van der Waals surface area contributed by atoms with Crippen LogP contribution in [0.15, 0.2) is 36.0 Å². The predicted molar refractivity (Wildman–Crippen MR) is 196 cm³/mol. The van der Waals surface area contributed by atoms with Gasteiger partial charge in [-0.3, -0.25) is 9.59 Å². The summed E-state index contributed by atoms with van der Waals surface area (Å²) in [5, 5.41) is 3.10. The van der Waals surface area contributed by atoms with E-state index < -0.39 is 20.0 Å². The molecule has 50 heavy (non-hydrogen) atoms. The van der Waals surface area contributed by atoms with E-state index in [4.69, 9.17) is 29.1 Å². The van der Waals surface area contributed by atoms with Crippen molar-refractivity contribution in [2.24, 2.45) is 11.7 Å². The molecule has 1 spiro atoms. The summed E-state index contributed by atoms with van der Waals surface area (Å²) in [6, 6.07) is -0.124. The van der Waals surface area contributed by atoms with Gasteiger partial charge in [0.05, 0.1) is 37.4 Å². The van der Waals surface area contributed by atoms with E-state index in [0.717, 1.165) is 50.8 Å². The second kappa shape index (κ2) is 16.9. The van der Waals surface area contributed by atoms with E-state index in [1.807, 2.05) is 13.0 Å². The summed E-state index contributed by atoms with van der Waals surface area (Å²) in [4.78, 5) is 38.6. The minimum atomic E-state index is -2.15. The lowest BCUT2D eigenvalue weighted by Crippen LogP contribution is -2.57. The molecule has 11 nitrogen and oxygen atoms in total. The molecule has 0 aliphatic carbocycles. The van der Waals surface area contributed by atoms with E-state index in [2.05, 4.69) is 65.2 Å². The fourth-order valence-corrected chi connectivity index (χ4v) is 8.15. The van der Waals surface area contributed by atoms with Gasteiger partial charge in [0.1, 0.15) is 23.9 Å². The smallest absolute Gasteiger partial charge is 0.410 e. The van der Waals surface area contributed by atoms with Gasteiger partial charge >= 0.3 is 6.09 Å². The summed E-state index contributed by atoms with van der Waals surface area (Å²) in [6.45, 7) is 21.1. The Morgan fingerprint density at radius 2 is 1.78 bits per heavy atom. The van der Waals surface area contributed by atoms with Crippen molar-refractivity contribution in [3.05, 3.63) is 36.0 Å². The van der Waals surface area contributed by atoms with Gasteiger partial charge in [-0.15, -0.1) is 0 Å². The van der Waals surface area contributed by atoms with Crippen LogP contribution in [-0.4, -0.2) is 99.1 Å². The highest BCUT2D eigenvalue weighted by Gasteiger charge is 2.61. The molecule has 3 N–H and O–H groups in total. The monoisotopic (exact) mass is 717 g/mol. The summed E-state index contributed by atoms with van der Waals surface area (Å²) in [7, 11) is -2.15. The number of rotatable bonds is 12. The predicted octanol–water partition coefficient (Wildman–Crippen LogP) is 5.94. The van der Waals surface area contributed by atoms with Crippen LogP contribution < -0.4 is 11.1 Å². The standard InChI is InChI=1S/C38H63N3O8Si/c1-25(14-17-32-35(49-50(8,9)37(5,6)7)38(24-45-38)23-29(48-32)22-33(39)42)13-16-31-26(2)21-30(28(4)47-31)40-34(43)18-15-27(3)46-36(44)41-19-11-10-12-20-41/h13-15,17-18,26-32,35H,10-12,16,19-24H2,1-9H3,(H2,39,42)(H,40,43)/t26-,27-,28+,29+,30+,31-,32+,35+,38+/m0/s1. The molecule has 0 radical (unpaired) electrons. The van der Waals surface area contributed by atoms with Gasteiger partial charge in [-0.05, 0) is 83.0 Å². The maximum atomic E-state index is 12.8. The number of epoxide rings is 1. The van der Waals surface area contributed by atoms with Crippen molar-refractivity contribution in [2.45, 2.75) is 160 Å². The van der Waals surface area contributed by atoms with Crippen molar-refractivity contribution < 1.29 is 37.8 Å².